The van der Waals surface area contributed by atoms with Crippen LogP contribution >= 0.6 is 23.2 Å². The Kier molecular flexibility index (Phi) is 19.4. The summed E-state index contributed by atoms with van der Waals surface area (Å²) in [5.41, 5.74) is 3.06. The third kappa shape index (κ3) is 12.3. The average molecular weight is 821 g/mol. The Labute approximate surface area is 331 Å². The van der Waals surface area contributed by atoms with Crippen LogP contribution in [0.2, 0.25) is 10.0 Å². The van der Waals surface area contributed by atoms with Crippen molar-refractivity contribution < 1.29 is 44.9 Å². The van der Waals surface area contributed by atoms with Crippen LogP contribution in [0.5, 0.6) is 23.0 Å². The van der Waals surface area contributed by atoms with Gasteiger partial charge in [-0.15, -0.1) is 0 Å². The SMILES string of the molecule is COCCOc1ccc(C([S-])=C([S-])c2ccccc2Cl)cc1OC.COCCOc1ccc(C([S-])=C([S-])c2ccccc2Cl)cc1OC.[Ni]. The molecule has 0 aliphatic rings. The summed E-state index contributed by atoms with van der Waals surface area (Å²) >= 11 is 34.4. The molecule has 0 saturated carbocycles. The first-order chi connectivity index (χ1) is 23.2. The van der Waals surface area contributed by atoms with Crippen molar-refractivity contribution in [3.8, 4) is 23.0 Å². The van der Waals surface area contributed by atoms with Crippen LogP contribution in [-0.4, -0.2) is 54.9 Å². The van der Waals surface area contributed by atoms with Crippen LogP contribution in [0.4, 0.5) is 0 Å². The number of benzene rings is 4. The molecule has 4 aromatic rings. The Morgan fingerprint density at radius 2 is 0.857 bits per heavy atom. The van der Waals surface area contributed by atoms with E-state index in [4.69, 9.17) is 102 Å². The summed E-state index contributed by atoms with van der Waals surface area (Å²) < 4.78 is 32.0. The molecule has 0 atom stereocenters. The molecule has 266 valence electrons. The van der Waals surface area contributed by atoms with Crippen LogP contribution in [0.3, 0.4) is 0 Å². The third-order valence-corrected chi connectivity index (χ3v) is 9.24. The molecule has 0 aromatic heterocycles. The second-order valence-corrected chi connectivity index (χ2v) is 12.1. The van der Waals surface area contributed by atoms with E-state index in [2.05, 4.69) is 0 Å². The van der Waals surface area contributed by atoms with Gasteiger partial charge in [-0.2, -0.15) is 19.6 Å². The van der Waals surface area contributed by atoms with E-state index in [0.29, 0.717) is 79.1 Å². The molecule has 0 N–H and O–H groups in total. The van der Waals surface area contributed by atoms with Crippen molar-refractivity contribution in [1.29, 1.82) is 0 Å². The molecular formula is C36H34Cl2NiO6S4-4. The van der Waals surface area contributed by atoms with Gasteiger partial charge in [-0.05, 0) is 58.7 Å². The molecule has 13 heteroatoms. The molecule has 0 saturated heterocycles. The van der Waals surface area contributed by atoms with Gasteiger partial charge >= 0.3 is 0 Å². The molecule has 0 spiro atoms. The molecule has 4 aromatic carbocycles. The average Bonchev–Trinajstić information content (AvgIpc) is 3.11. The molecule has 4 rings (SSSR count). The van der Waals surface area contributed by atoms with Gasteiger partial charge in [-0.3, -0.25) is 0 Å². The summed E-state index contributed by atoms with van der Waals surface area (Å²) in [6, 6.07) is 25.7. The summed E-state index contributed by atoms with van der Waals surface area (Å²) in [6.07, 6.45) is 0. The third-order valence-electron chi connectivity index (χ3n) is 6.59. The van der Waals surface area contributed by atoms with Crippen molar-refractivity contribution in [2.24, 2.45) is 0 Å². The fourth-order valence-corrected chi connectivity index (χ4v) is 5.76. The number of methoxy groups -OCH3 is 4. The maximum atomic E-state index is 6.20. The van der Waals surface area contributed by atoms with Gasteiger partial charge in [0.25, 0.3) is 0 Å². The van der Waals surface area contributed by atoms with Gasteiger partial charge in [-0.25, -0.2) is 0 Å². The summed E-state index contributed by atoms with van der Waals surface area (Å²) in [7, 11) is 6.41. The molecule has 0 radical (unpaired) electrons. The second-order valence-electron chi connectivity index (χ2n) is 9.69. The molecule has 0 aliphatic carbocycles. The van der Waals surface area contributed by atoms with Crippen molar-refractivity contribution in [3.05, 3.63) is 117 Å². The van der Waals surface area contributed by atoms with Crippen molar-refractivity contribution in [3.63, 3.8) is 0 Å². The van der Waals surface area contributed by atoms with Gasteiger partial charge in [0, 0.05) is 40.8 Å². The van der Waals surface area contributed by atoms with Crippen LogP contribution in [0, 0.1) is 0 Å². The first kappa shape index (κ1) is 42.6. The molecule has 0 amide bonds. The number of hydrogen-bond donors (Lipinski definition) is 0. The van der Waals surface area contributed by atoms with Gasteiger partial charge in [0.1, 0.15) is 13.2 Å². The van der Waals surface area contributed by atoms with E-state index in [1.54, 1.807) is 40.6 Å². The summed E-state index contributed by atoms with van der Waals surface area (Å²) in [4.78, 5) is 2.15. The van der Waals surface area contributed by atoms with Crippen LogP contribution in [0.25, 0.3) is 19.6 Å². The maximum absolute atomic E-state index is 6.20. The monoisotopic (exact) mass is 818 g/mol. The Bertz CT molecular complexity index is 1600. The minimum absolute atomic E-state index is 0. The predicted octanol–water partition coefficient (Wildman–Crippen LogP) is 8.58. The first-order valence-electron chi connectivity index (χ1n) is 14.4. The van der Waals surface area contributed by atoms with Crippen molar-refractivity contribution in [1.82, 2.24) is 0 Å². The largest absolute Gasteiger partial charge is 0.780 e. The van der Waals surface area contributed by atoms with Crippen molar-refractivity contribution in [2.75, 3.05) is 54.9 Å². The molecule has 0 heterocycles. The zero-order chi connectivity index (χ0) is 35.1. The molecule has 6 nitrogen and oxygen atoms in total. The molecule has 0 aliphatic heterocycles. The van der Waals surface area contributed by atoms with Crippen LogP contribution in [0.1, 0.15) is 22.3 Å². The minimum atomic E-state index is 0. The van der Waals surface area contributed by atoms with E-state index in [1.165, 1.54) is 0 Å². The molecule has 0 bridgehead atoms. The summed E-state index contributed by atoms with van der Waals surface area (Å²) in [6.45, 7) is 1.88. The van der Waals surface area contributed by atoms with E-state index in [-0.39, 0.29) is 16.5 Å². The first-order valence-corrected chi connectivity index (χ1v) is 16.8. The van der Waals surface area contributed by atoms with Crippen molar-refractivity contribution >= 4 is 93.3 Å². The maximum Gasteiger partial charge on any atom is 0.161 e. The molecular weight excluding hydrogens is 786 g/mol. The standard InChI is InChI=1S/2C18H19ClO3S2.Ni/c2*1-20-9-10-22-15-8-7-12(11-16(15)21-2)17(23)18(24)13-5-3-4-6-14(13)19;/h2*3-8,11,23-24H,9-10H2,1-2H3;/p-4. The smallest absolute Gasteiger partial charge is 0.161 e. The van der Waals surface area contributed by atoms with Crippen LogP contribution < -0.4 is 18.9 Å². The number of rotatable bonds is 14. The van der Waals surface area contributed by atoms with Gasteiger partial charge in [-0.1, -0.05) is 71.7 Å². The van der Waals surface area contributed by atoms with Gasteiger partial charge < -0.3 is 78.9 Å². The van der Waals surface area contributed by atoms with Gasteiger partial charge in [0.2, 0.25) is 0 Å². The van der Waals surface area contributed by atoms with E-state index >= 15 is 0 Å². The number of halogens is 2. The fourth-order valence-electron chi connectivity index (χ4n) is 4.12. The zero-order valence-corrected chi connectivity index (χ0v) is 32.8. The number of ether oxygens (including phenoxy) is 6. The second kappa shape index (κ2) is 22.3. The minimum Gasteiger partial charge on any atom is -0.780 e. The van der Waals surface area contributed by atoms with E-state index < -0.39 is 0 Å². The van der Waals surface area contributed by atoms with Crippen LogP contribution in [-0.2, 0) is 76.5 Å². The van der Waals surface area contributed by atoms with Gasteiger partial charge in [0.15, 0.2) is 23.0 Å². The Hall–Kier alpha value is -2.57. The Morgan fingerprint density at radius 3 is 1.18 bits per heavy atom. The molecule has 0 fully saturated rings. The molecule has 49 heavy (non-hydrogen) atoms. The Morgan fingerprint density at radius 1 is 0.490 bits per heavy atom. The van der Waals surface area contributed by atoms with E-state index in [1.807, 2.05) is 72.8 Å². The quantitative estimate of drug-likeness (QED) is 0.0536. The summed E-state index contributed by atoms with van der Waals surface area (Å²) in [5.74, 6) is 2.44. The van der Waals surface area contributed by atoms with Gasteiger partial charge in [0.05, 0.1) is 27.4 Å². The Balaban J connectivity index is 0.000000333. The summed E-state index contributed by atoms with van der Waals surface area (Å²) in [5, 5.41) is 1.16. The topological polar surface area (TPSA) is 55.4 Å². The zero-order valence-electron chi connectivity index (χ0n) is 27.1. The van der Waals surface area contributed by atoms with Crippen LogP contribution in [0.15, 0.2) is 84.9 Å². The number of hydrogen-bond acceptors (Lipinski definition) is 10. The van der Waals surface area contributed by atoms with E-state index in [9.17, 15) is 0 Å². The fraction of sp³-hybridized carbons (Fsp3) is 0.222. The van der Waals surface area contributed by atoms with Crippen molar-refractivity contribution in [2.45, 2.75) is 0 Å². The predicted molar refractivity (Wildman–Crippen MR) is 207 cm³/mol. The molecule has 0 unspecified atom stereocenters. The normalized spacial score (nSPS) is 11.6. The van der Waals surface area contributed by atoms with E-state index in [0.717, 1.165) is 22.3 Å².